The van der Waals surface area contributed by atoms with E-state index in [0.29, 0.717) is 17.2 Å². The number of hydrogen-bond donors (Lipinski definition) is 0. The molecule has 164 valence electrons. The Hall–Kier alpha value is -2.29. The van der Waals surface area contributed by atoms with Crippen molar-refractivity contribution in [2.24, 2.45) is 0 Å². The first kappa shape index (κ1) is 22.4. The largest absolute Gasteiger partial charge is 0.497 e. The summed E-state index contributed by atoms with van der Waals surface area (Å²) < 4.78 is 41.3. The van der Waals surface area contributed by atoms with Gasteiger partial charge in [0, 0.05) is 44.8 Å². The average Bonchev–Trinajstić information content (AvgIpc) is 2.78. The Bertz CT molecular complexity index is 940. The van der Waals surface area contributed by atoms with E-state index in [4.69, 9.17) is 14.2 Å². The zero-order valence-corrected chi connectivity index (χ0v) is 18.7. The summed E-state index contributed by atoms with van der Waals surface area (Å²) in [6.07, 6.45) is 0. The Morgan fingerprint density at radius 1 is 0.833 bits per heavy atom. The monoisotopic (exact) mass is 434 g/mol. The van der Waals surface area contributed by atoms with Crippen molar-refractivity contribution in [2.75, 3.05) is 59.8 Å². The summed E-state index contributed by atoms with van der Waals surface area (Å²) in [5.74, 6) is 2.32. The normalized spacial score (nSPS) is 15.7. The predicted octanol–water partition coefficient (Wildman–Crippen LogP) is 2.30. The van der Waals surface area contributed by atoms with Crippen LogP contribution in [0.25, 0.3) is 0 Å². The van der Waals surface area contributed by atoms with Gasteiger partial charge in [0.1, 0.15) is 17.2 Å². The summed E-state index contributed by atoms with van der Waals surface area (Å²) >= 11 is 0. The zero-order valence-electron chi connectivity index (χ0n) is 17.8. The maximum Gasteiger partial charge on any atom is 0.179 e. The number of piperazine rings is 1. The molecule has 1 heterocycles. The Labute approximate surface area is 179 Å². The number of ether oxygens (including phenoxy) is 3. The number of methoxy groups -OCH3 is 3. The van der Waals surface area contributed by atoms with Crippen LogP contribution in [-0.2, 0) is 16.4 Å². The van der Waals surface area contributed by atoms with E-state index < -0.39 is 9.84 Å². The molecule has 1 saturated heterocycles. The third kappa shape index (κ3) is 5.65. The molecule has 2 aromatic rings. The summed E-state index contributed by atoms with van der Waals surface area (Å²) in [4.78, 5) is 4.87. The van der Waals surface area contributed by atoms with Crippen LogP contribution in [0.3, 0.4) is 0 Å². The SMILES string of the molecule is COc1cccc(S(=O)(=O)CCN2CCN(Cc3cc(OC)ccc3OC)CC2)c1. The van der Waals surface area contributed by atoms with E-state index in [1.165, 1.54) is 7.11 Å². The maximum atomic E-state index is 12.7. The van der Waals surface area contributed by atoms with Crippen LogP contribution in [0.15, 0.2) is 47.4 Å². The van der Waals surface area contributed by atoms with Crippen LogP contribution in [0.5, 0.6) is 17.2 Å². The van der Waals surface area contributed by atoms with Gasteiger partial charge in [-0.15, -0.1) is 0 Å². The van der Waals surface area contributed by atoms with Crippen LogP contribution >= 0.6 is 0 Å². The van der Waals surface area contributed by atoms with Crippen molar-refractivity contribution in [1.82, 2.24) is 9.80 Å². The van der Waals surface area contributed by atoms with Crippen molar-refractivity contribution in [1.29, 1.82) is 0 Å². The van der Waals surface area contributed by atoms with E-state index in [0.717, 1.165) is 49.8 Å². The summed E-state index contributed by atoms with van der Waals surface area (Å²) in [5.41, 5.74) is 1.09. The van der Waals surface area contributed by atoms with Crippen LogP contribution in [0, 0.1) is 0 Å². The molecule has 1 fully saturated rings. The van der Waals surface area contributed by atoms with E-state index in [1.807, 2.05) is 18.2 Å². The van der Waals surface area contributed by atoms with Gasteiger partial charge < -0.3 is 14.2 Å². The molecule has 0 unspecified atom stereocenters. The van der Waals surface area contributed by atoms with Crippen molar-refractivity contribution in [2.45, 2.75) is 11.4 Å². The lowest BCUT2D eigenvalue weighted by Gasteiger charge is -2.34. The Kier molecular flexibility index (Phi) is 7.58. The van der Waals surface area contributed by atoms with Gasteiger partial charge in [-0.1, -0.05) is 6.07 Å². The van der Waals surface area contributed by atoms with Crippen molar-refractivity contribution in [3.63, 3.8) is 0 Å². The molecule has 1 aliphatic rings. The summed E-state index contributed by atoms with van der Waals surface area (Å²) in [6, 6.07) is 12.5. The molecule has 0 atom stereocenters. The Morgan fingerprint density at radius 2 is 1.50 bits per heavy atom. The van der Waals surface area contributed by atoms with Crippen molar-refractivity contribution < 1.29 is 22.6 Å². The number of hydrogen-bond acceptors (Lipinski definition) is 7. The number of nitrogens with zero attached hydrogens (tertiary/aromatic N) is 2. The number of rotatable bonds is 9. The molecular formula is C22H30N2O5S. The van der Waals surface area contributed by atoms with E-state index in [2.05, 4.69) is 9.80 Å². The quantitative estimate of drug-likeness (QED) is 0.600. The average molecular weight is 435 g/mol. The number of sulfone groups is 1. The van der Waals surface area contributed by atoms with Crippen molar-refractivity contribution >= 4 is 9.84 Å². The summed E-state index contributed by atoms with van der Waals surface area (Å²) in [5, 5.41) is 0. The molecule has 0 bridgehead atoms. The lowest BCUT2D eigenvalue weighted by Crippen LogP contribution is -2.47. The molecular weight excluding hydrogens is 404 g/mol. The first-order valence-electron chi connectivity index (χ1n) is 9.97. The van der Waals surface area contributed by atoms with Crippen LogP contribution < -0.4 is 14.2 Å². The highest BCUT2D eigenvalue weighted by Crippen LogP contribution is 2.25. The second-order valence-electron chi connectivity index (χ2n) is 7.29. The van der Waals surface area contributed by atoms with E-state index in [-0.39, 0.29) is 5.75 Å². The molecule has 0 aliphatic carbocycles. The van der Waals surface area contributed by atoms with Crippen LogP contribution in [-0.4, -0.2) is 78.0 Å². The molecule has 3 rings (SSSR count). The van der Waals surface area contributed by atoms with Gasteiger partial charge in [0.15, 0.2) is 9.84 Å². The van der Waals surface area contributed by atoms with Crippen molar-refractivity contribution in [3.05, 3.63) is 48.0 Å². The minimum atomic E-state index is -3.34. The fourth-order valence-electron chi connectivity index (χ4n) is 3.58. The molecule has 2 aromatic carbocycles. The van der Waals surface area contributed by atoms with Gasteiger partial charge in [-0.05, 0) is 36.4 Å². The third-order valence-corrected chi connectivity index (χ3v) is 7.12. The lowest BCUT2D eigenvalue weighted by molar-refractivity contribution is 0.131. The van der Waals surface area contributed by atoms with Gasteiger partial charge in [0.2, 0.25) is 0 Å². The van der Waals surface area contributed by atoms with Crippen LogP contribution in [0.4, 0.5) is 0 Å². The summed E-state index contributed by atoms with van der Waals surface area (Å²) in [6.45, 7) is 4.71. The minimum Gasteiger partial charge on any atom is -0.497 e. The maximum absolute atomic E-state index is 12.7. The van der Waals surface area contributed by atoms with E-state index in [9.17, 15) is 8.42 Å². The first-order valence-corrected chi connectivity index (χ1v) is 11.6. The molecule has 7 nitrogen and oxygen atoms in total. The van der Waals surface area contributed by atoms with Gasteiger partial charge in [-0.3, -0.25) is 9.80 Å². The third-order valence-electron chi connectivity index (χ3n) is 5.42. The molecule has 8 heteroatoms. The minimum absolute atomic E-state index is 0.101. The molecule has 0 aromatic heterocycles. The van der Waals surface area contributed by atoms with Gasteiger partial charge >= 0.3 is 0 Å². The Balaban J connectivity index is 1.52. The highest BCUT2D eigenvalue weighted by atomic mass is 32.2. The fourth-order valence-corrected chi connectivity index (χ4v) is 4.90. The molecule has 1 aliphatic heterocycles. The smallest absolute Gasteiger partial charge is 0.179 e. The van der Waals surface area contributed by atoms with Gasteiger partial charge in [-0.2, -0.15) is 0 Å². The van der Waals surface area contributed by atoms with Crippen molar-refractivity contribution in [3.8, 4) is 17.2 Å². The molecule has 0 N–H and O–H groups in total. The van der Waals surface area contributed by atoms with Crippen LogP contribution in [0.2, 0.25) is 0 Å². The molecule has 30 heavy (non-hydrogen) atoms. The standard InChI is InChI=1S/C22H30N2O5S/c1-27-19-5-4-6-21(16-19)30(25,26)14-13-23-9-11-24(12-10-23)17-18-15-20(28-2)7-8-22(18)29-3/h4-8,15-16H,9-14,17H2,1-3H3. The Morgan fingerprint density at radius 3 is 2.17 bits per heavy atom. The van der Waals surface area contributed by atoms with Gasteiger partial charge in [0.25, 0.3) is 0 Å². The number of benzene rings is 2. The lowest BCUT2D eigenvalue weighted by atomic mass is 10.1. The second kappa shape index (κ2) is 10.1. The van der Waals surface area contributed by atoms with Gasteiger partial charge in [-0.25, -0.2) is 8.42 Å². The predicted molar refractivity (Wildman–Crippen MR) is 116 cm³/mol. The molecule has 0 radical (unpaired) electrons. The fraction of sp³-hybridized carbons (Fsp3) is 0.455. The van der Waals surface area contributed by atoms with Gasteiger partial charge in [0.05, 0.1) is 32.0 Å². The second-order valence-corrected chi connectivity index (χ2v) is 9.40. The zero-order chi connectivity index (χ0) is 21.6. The summed E-state index contributed by atoms with van der Waals surface area (Å²) in [7, 11) is 1.53. The highest BCUT2D eigenvalue weighted by molar-refractivity contribution is 7.91. The molecule has 0 spiro atoms. The topological polar surface area (TPSA) is 68.3 Å². The van der Waals surface area contributed by atoms with E-state index >= 15 is 0 Å². The van der Waals surface area contributed by atoms with E-state index in [1.54, 1.807) is 38.5 Å². The van der Waals surface area contributed by atoms with Crippen LogP contribution in [0.1, 0.15) is 5.56 Å². The molecule has 0 saturated carbocycles. The first-order chi connectivity index (χ1) is 14.4. The molecule has 0 amide bonds. The highest BCUT2D eigenvalue weighted by Gasteiger charge is 2.21.